The summed E-state index contributed by atoms with van der Waals surface area (Å²) in [7, 11) is 3.38. The molecule has 0 bridgehead atoms. The molecule has 1 amide bonds. The van der Waals surface area contributed by atoms with Crippen molar-refractivity contribution in [1.82, 2.24) is 15.2 Å². The summed E-state index contributed by atoms with van der Waals surface area (Å²) in [6.07, 6.45) is 0. The van der Waals surface area contributed by atoms with Gasteiger partial charge in [0.15, 0.2) is 0 Å². The number of methoxy groups -OCH3 is 1. The van der Waals surface area contributed by atoms with E-state index < -0.39 is 0 Å². The van der Waals surface area contributed by atoms with Crippen molar-refractivity contribution in [1.29, 1.82) is 0 Å². The Morgan fingerprint density at radius 2 is 2.28 bits per heavy atom. The number of rotatable bonds is 6. The number of nitrogens with one attached hydrogen (secondary N) is 1. The molecule has 1 N–H and O–H groups in total. The average Bonchev–Trinajstić information content (AvgIpc) is 2.43. The SMILES string of the molecule is CCN(C)C(=O)C(C)NCc1cccc(OC)n1. The summed E-state index contributed by atoms with van der Waals surface area (Å²) in [6, 6.07) is 5.36. The summed E-state index contributed by atoms with van der Waals surface area (Å²) in [5, 5.41) is 3.16. The minimum atomic E-state index is -0.219. The summed E-state index contributed by atoms with van der Waals surface area (Å²) in [4.78, 5) is 17.8. The number of carbonyl (C=O) groups is 1. The second-order valence-corrected chi connectivity index (χ2v) is 4.13. The molecule has 5 nitrogen and oxygen atoms in total. The predicted octanol–water partition coefficient (Wildman–Crippen LogP) is 1.05. The van der Waals surface area contributed by atoms with Gasteiger partial charge in [0, 0.05) is 26.2 Å². The first-order valence-corrected chi connectivity index (χ1v) is 6.06. The number of nitrogens with zero attached hydrogens (tertiary/aromatic N) is 2. The Balaban J connectivity index is 2.51. The first-order valence-electron chi connectivity index (χ1n) is 6.06. The van der Waals surface area contributed by atoms with Crippen LogP contribution < -0.4 is 10.1 Å². The number of amides is 1. The fourth-order valence-corrected chi connectivity index (χ4v) is 1.50. The van der Waals surface area contributed by atoms with Crippen LogP contribution in [0.25, 0.3) is 0 Å². The first-order chi connectivity index (χ1) is 8.58. The molecule has 18 heavy (non-hydrogen) atoms. The van der Waals surface area contributed by atoms with E-state index in [0.29, 0.717) is 19.0 Å². The number of likely N-dealkylation sites (N-methyl/N-ethyl adjacent to an activating group) is 1. The maximum atomic E-state index is 11.8. The van der Waals surface area contributed by atoms with Gasteiger partial charge in [-0.3, -0.25) is 4.79 Å². The van der Waals surface area contributed by atoms with E-state index in [1.165, 1.54) is 0 Å². The standard InChI is InChI=1S/C13H21N3O2/c1-5-16(3)13(17)10(2)14-9-11-7-6-8-12(15-11)18-4/h6-8,10,14H,5,9H2,1-4H3. The monoisotopic (exact) mass is 251 g/mol. The number of pyridine rings is 1. The van der Waals surface area contributed by atoms with Crippen LogP contribution in [-0.4, -0.2) is 42.5 Å². The van der Waals surface area contributed by atoms with E-state index in [0.717, 1.165) is 5.69 Å². The van der Waals surface area contributed by atoms with Crippen LogP contribution in [0.1, 0.15) is 19.5 Å². The molecule has 1 aromatic heterocycles. The molecule has 100 valence electrons. The summed E-state index contributed by atoms with van der Waals surface area (Å²) >= 11 is 0. The molecule has 5 heteroatoms. The van der Waals surface area contributed by atoms with Gasteiger partial charge in [0.25, 0.3) is 0 Å². The highest BCUT2D eigenvalue weighted by molar-refractivity contribution is 5.81. The van der Waals surface area contributed by atoms with Crippen LogP contribution in [0.2, 0.25) is 0 Å². The van der Waals surface area contributed by atoms with Crippen LogP contribution in [0.4, 0.5) is 0 Å². The summed E-state index contributed by atoms with van der Waals surface area (Å²) < 4.78 is 5.05. The van der Waals surface area contributed by atoms with E-state index in [2.05, 4.69) is 10.3 Å². The molecule has 0 aliphatic heterocycles. The minimum absolute atomic E-state index is 0.0837. The van der Waals surface area contributed by atoms with Gasteiger partial charge in [-0.15, -0.1) is 0 Å². The lowest BCUT2D eigenvalue weighted by Gasteiger charge is -2.20. The highest BCUT2D eigenvalue weighted by Crippen LogP contribution is 2.06. The van der Waals surface area contributed by atoms with E-state index in [9.17, 15) is 4.79 Å². The molecule has 0 saturated heterocycles. The topological polar surface area (TPSA) is 54.5 Å². The predicted molar refractivity (Wildman–Crippen MR) is 70.4 cm³/mol. The molecule has 0 radical (unpaired) electrons. The van der Waals surface area contributed by atoms with Gasteiger partial charge in [0.2, 0.25) is 11.8 Å². The van der Waals surface area contributed by atoms with E-state index >= 15 is 0 Å². The molecule has 0 aliphatic carbocycles. The second-order valence-electron chi connectivity index (χ2n) is 4.13. The van der Waals surface area contributed by atoms with Crippen LogP contribution in [0, 0.1) is 0 Å². The molecule has 1 atom stereocenters. The van der Waals surface area contributed by atoms with Gasteiger partial charge < -0.3 is 15.0 Å². The number of hydrogen-bond donors (Lipinski definition) is 1. The third-order valence-corrected chi connectivity index (χ3v) is 2.80. The Kier molecular flexibility index (Phi) is 5.58. The van der Waals surface area contributed by atoms with Crippen molar-refractivity contribution in [2.75, 3.05) is 20.7 Å². The molecule has 0 spiro atoms. The molecule has 1 heterocycles. The Morgan fingerprint density at radius 3 is 2.89 bits per heavy atom. The number of hydrogen-bond acceptors (Lipinski definition) is 4. The van der Waals surface area contributed by atoms with Gasteiger partial charge in [-0.1, -0.05) is 6.07 Å². The molecule has 1 unspecified atom stereocenters. The van der Waals surface area contributed by atoms with Crippen LogP contribution in [0.15, 0.2) is 18.2 Å². The summed E-state index contributed by atoms with van der Waals surface area (Å²) in [5.74, 6) is 0.666. The third-order valence-electron chi connectivity index (χ3n) is 2.80. The quantitative estimate of drug-likeness (QED) is 0.821. The van der Waals surface area contributed by atoms with E-state index in [1.54, 1.807) is 25.1 Å². The van der Waals surface area contributed by atoms with Gasteiger partial charge in [-0.2, -0.15) is 0 Å². The number of carbonyl (C=O) groups excluding carboxylic acids is 1. The average molecular weight is 251 g/mol. The van der Waals surface area contributed by atoms with Crippen molar-refractivity contribution in [3.05, 3.63) is 23.9 Å². The van der Waals surface area contributed by atoms with Crippen molar-refractivity contribution >= 4 is 5.91 Å². The number of ether oxygens (including phenoxy) is 1. The Morgan fingerprint density at radius 1 is 1.56 bits per heavy atom. The van der Waals surface area contributed by atoms with Crippen molar-refractivity contribution in [2.24, 2.45) is 0 Å². The number of aromatic nitrogens is 1. The van der Waals surface area contributed by atoms with Crippen molar-refractivity contribution in [2.45, 2.75) is 26.4 Å². The molecule has 0 aromatic carbocycles. The molecule has 0 saturated carbocycles. The molecule has 1 rings (SSSR count). The van der Waals surface area contributed by atoms with Gasteiger partial charge in [-0.05, 0) is 19.9 Å². The van der Waals surface area contributed by atoms with Gasteiger partial charge in [0.05, 0.1) is 18.8 Å². The summed E-state index contributed by atoms with van der Waals surface area (Å²) in [5.41, 5.74) is 0.855. The molecule has 0 fully saturated rings. The zero-order chi connectivity index (χ0) is 13.5. The molecule has 0 aliphatic rings. The van der Waals surface area contributed by atoms with Gasteiger partial charge >= 0.3 is 0 Å². The second kappa shape index (κ2) is 6.96. The lowest BCUT2D eigenvalue weighted by Crippen LogP contribution is -2.42. The van der Waals surface area contributed by atoms with Crippen LogP contribution in [-0.2, 0) is 11.3 Å². The first kappa shape index (κ1) is 14.4. The van der Waals surface area contributed by atoms with E-state index in [4.69, 9.17) is 4.74 Å². The Labute approximate surface area is 108 Å². The smallest absolute Gasteiger partial charge is 0.239 e. The van der Waals surface area contributed by atoms with Gasteiger partial charge in [-0.25, -0.2) is 4.98 Å². The maximum Gasteiger partial charge on any atom is 0.239 e. The molecule has 1 aromatic rings. The largest absolute Gasteiger partial charge is 0.481 e. The molecular weight excluding hydrogens is 230 g/mol. The highest BCUT2D eigenvalue weighted by atomic mass is 16.5. The summed E-state index contributed by atoms with van der Waals surface area (Å²) in [6.45, 7) is 5.06. The fourth-order valence-electron chi connectivity index (χ4n) is 1.50. The fraction of sp³-hybridized carbons (Fsp3) is 0.538. The normalized spacial score (nSPS) is 12.0. The van der Waals surface area contributed by atoms with Crippen molar-refractivity contribution in [3.63, 3.8) is 0 Å². The van der Waals surface area contributed by atoms with Crippen molar-refractivity contribution in [3.8, 4) is 5.88 Å². The lowest BCUT2D eigenvalue weighted by molar-refractivity contribution is -0.131. The van der Waals surface area contributed by atoms with E-state index in [-0.39, 0.29) is 11.9 Å². The van der Waals surface area contributed by atoms with Crippen LogP contribution in [0.5, 0.6) is 5.88 Å². The van der Waals surface area contributed by atoms with E-state index in [1.807, 2.05) is 26.0 Å². The Bertz CT molecular complexity index is 396. The molecular formula is C13H21N3O2. The lowest BCUT2D eigenvalue weighted by atomic mass is 10.2. The van der Waals surface area contributed by atoms with Crippen LogP contribution >= 0.6 is 0 Å². The zero-order valence-corrected chi connectivity index (χ0v) is 11.4. The highest BCUT2D eigenvalue weighted by Gasteiger charge is 2.15. The third kappa shape index (κ3) is 4.00. The Hall–Kier alpha value is -1.62. The van der Waals surface area contributed by atoms with Crippen molar-refractivity contribution < 1.29 is 9.53 Å². The zero-order valence-electron chi connectivity index (χ0n) is 11.4. The van der Waals surface area contributed by atoms with Gasteiger partial charge in [0.1, 0.15) is 0 Å². The van der Waals surface area contributed by atoms with Crippen LogP contribution in [0.3, 0.4) is 0 Å². The minimum Gasteiger partial charge on any atom is -0.481 e. The maximum absolute atomic E-state index is 11.8.